The minimum absolute atomic E-state index is 0.0982. The number of rotatable bonds is 75. The Bertz CT molecular complexity index is 2100. The molecule has 0 amide bonds. The highest BCUT2D eigenvalue weighted by Gasteiger charge is 2.30. The van der Waals surface area contributed by atoms with Crippen LogP contribution in [-0.4, -0.2) is 96.7 Å². The lowest BCUT2D eigenvalue weighted by atomic mass is 10.0. The summed E-state index contributed by atoms with van der Waals surface area (Å²) in [5.41, 5.74) is 0. The van der Waals surface area contributed by atoms with Crippen molar-refractivity contribution in [3.63, 3.8) is 0 Å². The first kappa shape index (κ1) is 94.8. The van der Waals surface area contributed by atoms with Crippen LogP contribution in [0.25, 0.3) is 0 Å². The maximum Gasteiger partial charge on any atom is 0.472 e. The zero-order valence-electron chi connectivity index (χ0n) is 62.5. The van der Waals surface area contributed by atoms with Gasteiger partial charge in [-0.15, -0.1) is 0 Å². The third-order valence-corrected chi connectivity index (χ3v) is 18.9. The smallest absolute Gasteiger partial charge is 0.462 e. The second-order valence-corrected chi connectivity index (χ2v) is 29.5. The molecule has 0 aliphatic rings. The van der Waals surface area contributed by atoms with E-state index in [1.54, 1.807) is 0 Å². The summed E-state index contributed by atoms with van der Waals surface area (Å²) in [6, 6.07) is 0. The summed E-state index contributed by atoms with van der Waals surface area (Å²) in [5.74, 6) is -2.16. The van der Waals surface area contributed by atoms with Gasteiger partial charge in [-0.05, 0) is 89.9 Å². The molecule has 0 heterocycles. The van der Waals surface area contributed by atoms with E-state index in [2.05, 4.69) is 88.5 Å². The van der Waals surface area contributed by atoms with Crippen LogP contribution in [0.4, 0.5) is 0 Å². The molecule has 0 aliphatic carbocycles. The maximum atomic E-state index is 13.1. The predicted molar refractivity (Wildman–Crippen MR) is 400 cm³/mol. The Labute approximate surface area is 597 Å². The number of hydrogen-bond donors (Lipinski definition) is 3. The summed E-state index contributed by atoms with van der Waals surface area (Å²) < 4.78 is 68.5. The average Bonchev–Trinajstić information content (AvgIpc) is 0.992. The SMILES string of the molecule is CC/C=C\C/C=C\C/C=C\C/C=C\CCCCCCCCC(=O)OCC(COP(=O)(O)OCC(O)COP(=O)(O)OCC(COC(=O)CCCCCCC/C=C\CCCCCC)OC(=O)CCCCCCCCCCCCC)OC(=O)CCCCCCCCCCCCCCCCC. The summed E-state index contributed by atoms with van der Waals surface area (Å²) in [6.45, 7) is 4.78. The molecule has 0 aromatic heterocycles. The van der Waals surface area contributed by atoms with Crippen molar-refractivity contribution in [3.05, 3.63) is 60.8 Å². The minimum atomic E-state index is -4.97. The molecule has 0 rings (SSSR count). The van der Waals surface area contributed by atoms with Crippen molar-refractivity contribution in [2.45, 2.75) is 380 Å². The normalized spacial score (nSPS) is 14.2. The molecule has 0 fully saturated rings. The summed E-state index contributed by atoms with van der Waals surface area (Å²) in [6.07, 6.45) is 70.6. The van der Waals surface area contributed by atoms with E-state index in [-0.39, 0.29) is 25.7 Å². The van der Waals surface area contributed by atoms with E-state index in [0.717, 1.165) is 154 Å². The highest BCUT2D eigenvalue weighted by Crippen LogP contribution is 2.45. The van der Waals surface area contributed by atoms with Gasteiger partial charge in [0.25, 0.3) is 0 Å². The number of carbonyl (C=O) groups excluding carboxylic acids is 4. The molecule has 0 aliphatic heterocycles. The molecule has 0 aromatic carbocycles. The minimum Gasteiger partial charge on any atom is -0.462 e. The number of unbranched alkanes of at least 4 members (excludes halogenated alkanes) is 39. The fourth-order valence-electron chi connectivity index (χ4n) is 11.0. The van der Waals surface area contributed by atoms with Gasteiger partial charge in [0, 0.05) is 25.7 Å². The van der Waals surface area contributed by atoms with Crippen LogP contribution in [-0.2, 0) is 65.4 Å². The fraction of sp³-hybridized carbons (Fsp3) is 0.823. The molecule has 17 nitrogen and oxygen atoms in total. The number of esters is 4. The lowest BCUT2D eigenvalue weighted by Crippen LogP contribution is -2.30. The van der Waals surface area contributed by atoms with Crippen LogP contribution in [0.1, 0.15) is 362 Å². The molecular weight excluding hydrogens is 1280 g/mol. The van der Waals surface area contributed by atoms with Crippen LogP contribution in [0, 0.1) is 0 Å². The Morgan fingerprint density at radius 3 is 0.837 bits per heavy atom. The third-order valence-electron chi connectivity index (χ3n) is 17.0. The Morgan fingerprint density at radius 2 is 0.531 bits per heavy atom. The van der Waals surface area contributed by atoms with Crippen molar-refractivity contribution in [2.75, 3.05) is 39.6 Å². The van der Waals surface area contributed by atoms with E-state index < -0.39 is 97.5 Å². The highest BCUT2D eigenvalue weighted by molar-refractivity contribution is 7.47. The molecule has 0 spiro atoms. The molecular formula is C79H144O17P2. The van der Waals surface area contributed by atoms with Crippen LogP contribution >= 0.6 is 15.6 Å². The van der Waals surface area contributed by atoms with Crippen molar-refractivity contribution >= 4 is 39.5 Å². The Hall–Kier alpha value is -3.24. The quantitative estimate of drug-likeness (QED) is 0.0169. The number of aliphatic hydroxyl groups excluding tert-OH is 1. The van der Waals surface area contributed by atoms with Gasteiger partial charge in [0.1, 0.15) is 19.3 Å². The summed E-state index contributed by atoms with van der Waals surface area (Å²) in [5, 5.41) is 10.6. The molecule has 0 aromatic rings. The first-order chi connectivity index (χ1) is 47.7. The van der Waals surface area contributed by atoms with Crippen LogP contribution in [0.15, 0.2) is 60.8 Å². The molecule has 5 unspecified atom stereocenters. The van der Waals surface area contributed by atoms with Gasteiger partial charge in [-0.3, -0.25) is 37.3 Å². The molecule has 0 saturated heterocycles. The third kappa shape index (κ3) is 71.2. The molecule has 5 atom stereocenters. The van der Waals surface area contributed by atoms with Gasteiger partial charge >= 0.3 is 39.5 Å². The summed E-state index contributed by atoms with van der Waals surface area (Å²) >= 11 is 0. The first-order valence-electron chi connectivity index (χ1n) is 39.5. The van der Waals surface area contributed by atoms with E-state index >= 15 is 0 Å². The lowest BCUT2D eigenvalue weighted by molar-refractivity contribution is -0.161. The number of aliphatic hydroxyl groups is 1. The highest BCUT2D eigenvalue weighted by atomic mass is 31.2. The summed E-state index contributed by atoms with van der Waals surface area (Å²) in [4.78, 5) is 72.9. The largest absolute Gasteiger partial charge is 0.472 e. The van der Waals surface area contributed by atoms with Crippen LogP contribution in [0.3, 0.4) is 0 Å². The number of phosphoric acid groups is 2. The number of phosphoric ester groups is 2. The molecule has 572 valence electrons. The second kappa shape index (κ2) is 72.1. The second-order valence-electron chi connectivity index (χ2n) is 26.6. The van der Waals surface area contributed by atoms with Gasteiger partial charge in [0.15, 0.2) is 12.2 Å². The van der Waals surface area contributed by atoms with Gasteiger partial charge < -0.3 is 33.8 Å². The van der Waals surface area contributed by atoms with Crippen molar-refractivity contribution < 1.29 is 80.2 Å². The molecule has 0 radical (unpaired) electrons. The molecule has 0 bridgehead atoms. The van der Waals surface area contributed by atoms with Crippen molar-refractivity contribution in [3.8, 4) is 0 Å². The van der Waals surface area contributed by atoms with Crippen molar-refractivity contribution in [1.82, 2.24) is 0 Å². The van der Waals surface area contributed by atoms with Gasteiger partial charge in [0.2, 0.25) is 0 Å². The zero-order valence-corrected chi connectivity index (χ0v) is 64.3. The maximum absolute atomic E-state index is 13.1. The van der Waals surface area contributed by atoms with Crippen molar-refractivity contribution in [1.29, 1.82) is 0 Å². The zero-order chi connectivity index (χ0) is 71.8. The van der Waals surface area contributed by atoms with E-state index in [1.807, 2.05) is 0 Å². The van der Waals surface area contributed by atoms with E-state index in [1.165, 1.54) is 128 Å². The topological polar surface area (TPSA) is 237 Å². The van der Waals surface area contributed by atoms with E-state index in [9.17, 15) is 43.2 Å². The number of carbonyl (C=O) groups is 4. The molecule has 3 N–H and O–H groups in total. The Balaban J connectivity index is 5.29. The van der Waals surface area contributed by atoms with Crippen LogP contribution in [0.2, 0.25) is 0 Å². The van der Waals surface area contributed by atoms with Gasteiger partial charge in [0.05, 0.1) is 26.4 Å². The van der Waals surface area contributed by atoms with Crippen molar-refractivity contribution in [2.24, 2.45) is 0 Å². The Kier molecular flexibility index (Phi) is 69.7. The fourth-order valence-corrected chi connectivity index (χ4v) is 12.6. The molecule has 98 heavy (non-hydrogen) atoms. The van der Waals surface area contributed by atoms with Gasteiger partial charge in [-0.1, -0.05) is 307 Å². The van der Waals surface area contributed by atoms with Crippen LogP contribution in [0.5, 0.6) is 0 Å². The molecule has 0 saturated carbocycles. The van der Waals surface area contributed by atoms with Crippen LogP contribution < -0.4 is 0 Å². The standard InChI is InChI=1S/C79H144O17P2/c1-5-9-13-17-21-25-29-32-34-35-36-37-39-41-45-48-52-56-60-64-77(82)90-70-75(96-79(84)66-62-58-54-50-46-42-38-33-30-26-22-18-14-10-6-2)72-94-98(87,88)92-68-73(80)67-91-97(85,86)93-71-74(95-78(83)65-61-57-53-49-43-28-24-20-16-12-8-4)69-89-76(81)63-59-55-51-47-44-40-31-27-23-19-15-11-7-3/h9,13,21,25,27,31-32,34,36-37,73-75,80H,5-8,10-12,14-20,22-24,26,28-30,33,35,38-72H2,1-4H3,(H,85,86)(H,87,88)/b13-9-,25-21-,31-27-,34-32-,37-36-. The molecule has 19 heteroatoms. The first-order valence-corrected chi connectivity index (χ1v) is 42.5. The monoisotopic (exact) mass is 1430 g/mol. The Morgan fingerprint density at radius 1 is 0.296 bits per heavy atom. The number of allylic oxidation sites excluding steroid dienone is 10. The lowest BCUT2D eigenvalue weighted by Gasteiger charge is -2.21. The summed E-state index contributed by atoms with van der Waals surface area (Å²) in [7, 11) is -9.93. The van der Waals surface area contributed by atoms with E-state index in [0.29, 0.717) is 25.7 Å². The number of hydrogen-bond acceptors (Lipinski definition) is 15. The van der Waals surface area contributed by atoms with E-state index in [4.69, 9.17) is 37.0 Å². The number of ether oxygens (including phenoxy) is 4. The average molecular weight is 1430 g/mol. The van der Waals surface area contributed by atoms with Gasteiger partial charge in [-0.25, -0.2) is 9.13 Å². The predicted octanol–water partition coefficient (Wildman–Crippen LogP) is 22.7. The van der Waals surface area contributed by atoms with Gasteiger partial charge in [-0.2, -0.15) is 0 Å².